The molecular formula is C32H34FN5O3S. The Hall–Kier alpha value is -3.89. The first-order valence-electron chi connectivity index (χ1n) is 14.3. The van der Waals surface area contributed by atoms with Gasteiger partial charge in [-0.2, -0.15) is 5.10 Å². The predicted octanol–water partition coefficient (Wildman–Crippen LogP) is 4.82. The highest BCUT2D eigenvalue weighted by molar-refractivity contribution is 7.90. The normalized spacial score (nSPS) is 18.4. The summed E-state index contributed by atoms with van der Waals surface area (Å²) in [6, 6.07) is 20.3. The molecule has 10 heteroatoms. The molecule has 2 fully saturated rings. The van der Waals surface area contributed by atoms with Gasteiger partial charge in [0.05, 0.1) is 28.5 Å². The molecule has 0 unspecified atom stereocenters. The van der Waals surface area contributed by atoms with Crippen molar-refractivity contribution in [1.82, 2.24) is 24.6 Å². The Labute approximate surface area is 245 Å². The average molecular weight is 588 g/mol. The average Bonchev–Trinajstić information content (AvgIpc) is 3.67. The number of sulfone groups is 1. The van der Waals surface area contributed by atoms with Crippen LogP contribution in [0.2, 0.25) is 0 Å². The first-order valence-corrected chi connectivity index (χ1v) is 16.2. The van der Waals surface area contributed by atoms with Gasteiger partial charge in [-0.05, 0) is 67.7 Å². The van der Waals surface area contributed by atoms with Gasteiger partial charge < -0.3 is 4.90 Å². The van der Waals surface area contributed by atoms with Crippen molar-refractivity contribution in [3.05, 3.63) is 107 Å². The summed E-state index contributed by atoms with van der Waals surface area (Å²) in [4.78, 5) is 22.8. The van der Waals surface area contributed by atoms with E-state index in [1.165, 1.54) is 24.1 Å². The molecule has 8 nitrogen and oxygen atoms in total. The van der Waals surface area contributed by atoms with Crippen LogP contribution in [0.5, 0.6) is 0 Å². The molecule has 0 aliphatic carbocycles. The summed E-state index contributed by atoms with van der Waals surface area (Å²) in [5.74, 6) is 0.426. The molecule has 2 aliphatic heterocycles. The third kappa shape index (κ3) is 6.00. The minimum atomic E-state index is -3.23. The Morgan fingerprint density at radius 3 is 2.29 bits per heavy atom. The minimum Gasteiger partial charge on any atom is -0.338 e. The third-order valence-electron chi connectivity index (χ3n) is 8.44. The van der Waals surface area contributed by atoms with Gasteiger partial charge in [0.1, 0.15) is 5.82 Å². The molecule has 4 aromatic rings. The number of hydrogen-bond donors (Lipinski definition) is 0. The van der Waals surface area contributed by atoms with Gasteiger partial charge in [0, 0.05) is 37.7 Å². The number of carbonyl (C=O) groups excluding carboxylic acids is 1. The fourth-order valence-electron chi connectivity index (χ4n) is 6.17. The second-order valence-electron chi connectivity index (χ2n) is 11.3. The third-order valence-corrected chi connectivity index (χ3v) is 9.57. The van der Waals surface area contributed by atoms with Gasteiger partial charge in [0.2, 0.25) is 0 Å². The predicted molar refractivity (Wildman–Crippen MR) is 158 cm³/mol. The van der Waals surface area contributed by atoms with E-state index in [0.717, 1.165) is 50.2 Å². The van der Waals surface area contributed by atoms with Crippen molar-refractivity contribution in [3.63, 3.8) is 0 Å². The molecule has 1 atom stereocenters. The first-order chi connectivity index (χ1) is 20.3. The smallest absolute Gasteiger partial charge is 0.257 e. The van der Waals surface area contributed by atoms with Crippen LogP contribution in [0.1, 0.15) is 58.3 Å². The van der Waals surface area contributed by atoms with E-state index in [2.05, 4.69) is 27.1 Å². The molecule has 2 aromatic carbocycles. The number of hydrogen-bond acceptors (Lipinski definition) is 6. The van der Waals surface area contributed by atoms with Crippen molar-refractivity contribution < 1.29 is 17.6 Å². The fraction of sp³-hybridized carbons (Fsp3) is 0.344. The highest BCUT2D eigenvalue weighted by Gasteiger charge is 2.34. The summed E-state index contributed by atoms with van der Waals surface area (Å²) in [6.07, 6.45) is 6.59. The lowest BCUT2D eigenvalue weighted by Crippen LogP contribution is -2.34. The number of piperidine rings is 1. The summed E-state index contributed by atoms with van der Waals surface area (Å²) in [5.41, 5.74) is 3.72. The lowest BCUT2D eigenvalue weighted by atomic mass is 9.90. The molecule has 2 saturated heterocycles. The van der Waals surface area contributed by atoms with Gasteiger partial charge in [0.25, 0.3) is 5.91 Å². The van der Waals surface area contributed by atoms with Gasteiger partial charge in [-0.15, -0.1) is 0 Å². The van der Waals surface area contributed by atoms with Crippen LogP contribution in [-0.2, 0) is 16.4 Å². The quantitative estimate of drug-likeness (QED) is 0.308. The van der Waals surface area contributed by atoms with E-state index in [1.54, 1.807) is 29.1 Å². The molecule has 2 aromatic heterocycles. The molecule has 6 rings (SSSR count). The number of pyridine rings is 1. The molecule has 0 saturated carbocycles. The van der Waals surface area contributed by atoms with Gasteiger partial charge in [-0.3, -0.25) is 9.69 Å². The molecule has 42 heavy (non-hydrogen) atoms. The molecule has 0 bridgehead atoms. The van der Waals surface area contributed by atoms with Crippen LogP contribution in [0.3, 0.4) is 0 Å². The minimum absolute atomic E-state index is 0.0230. The van der Waals surface area contributed by atoms with Gasteiger partial charge in [-0.25, -0.2) is 22.5 Å². The topological polar surface area (TPSA) is 88.4 Å². The Balaban J connectivity index is 1.21. The maximum atomic E-state index is 13.9. The maximum Gasteiger partial charge on any atom is 0.257 e. The number of nitrogens with zero attached hydrogens (tertiary/aromatic N) is 5. The number of likely N-dealkylation sites (tertiary alicyclic amines) is 2. The van der Waals surface area contributed by atoms with Gasteiger partial charge >= 0.3 is 0 Å². The summed E-state index contributed by atoms with van der Waals surface area (Å²) < 4.78 is 39.0. The van der Waals surface area contributed by atoms with Crippen molar-refractivity contribution in [2.24, 2.45) is 0 Å². The van der Waals surface area contributed by atoms with E-state index < -0.39 is 15.7 Å². The SMILES string of the molecule is CS(=O)(=O)c1ccc(CN2CCC(c3c(C(=O)N4CC[C@H](c5ccccc5)C4)cnn3-c3ccc(F)cn3)CC2)cc1. The molecule has 0 N–H and O–H groups in total. The zero-order chi connectivity index (χ0) is 29.3. The summed E-state index contributed by atoms with van der Waals surface area (Å²) in [7, 11) is -3.23. The lowest BCUT2D eigenvalue weighted by molar-refractivity contribution is 0.0788. The molecular weight excluding hydrogens is 553 g/mol. The van der Waals surface area contributed by atoms with Crippen LogP contribution >= 0.6 is 0 Å². The van der Waals surface area contributed by atoms with E-state index in [9.17, 15) is 17.6 Å². The highest BCUT2D eigenvalue weighted by Crippen LogP contribution is 2.35. The van der Waals surface area contributed by atoms with Gasteiger partial charge in [0.15, 0.2) is 15.7 Å². The first kappa shape index (κ1) is 28.2. The summed E-state index contributed by atoms with van der Waals surface area (Å²) >= 11 is 0. The number of amides is 1. The Morgan fingerprint density at radius 2 is 1.62 bits per heavy atom. The fourth-order valence-corrected chi connectivity index (χ4v) is 6.80. The largest absolute Gasteiger partial charge is 0.338 e. The Kier molecular flexibility index (Phi) is 7.92. The second kappa shape index (κ2) is 11.8. The molecule has 0 radical (unpaired) electrons. The van der Waals surface area contributed by atoms with Crippen LogP contribution in [0.25, 0.3) is 5.82 Å². The molecule has 4 heterocycles. The van der Waals surface area contributed by atoms with Crippen LogP contribution in [0, 0.1) is 5.82 Å². The maximum absolute atomic E-state index is 13.9. The lowest BCUT2D eigenvalue weighted by Gasteiger charge is -2.33. The van der Waals surface area contributed by atoms with Crippen molar-refractivity contribution in [2.75, 3.05) is 32.4 Å². The van der Waals surface area contributed by atoms with Crippen molar-refractivity contribution in [3.8, 4) is 5.82 Å². The van der Waals surface area contributed by atoms with Gasteiger partial charge in [-0.1, -0.05) is 42.5 Å². The van der Waals surface area contributed by atoms with Crippen molar-refractivity contribution in [1.29, 1.82) is 0 Å². The number of halogens is 1. The number of carbonyl (C=O) groups is 1. The molecule has 1 amide bonds. The standard InChI is InChI=1S/C32H34FN5O3S/c1-42(40,41)28-10-7-23(8-11-28)21-36-16-13-25(14-17-36)31-29(20-35-38(31)30-12-9-27(33)19-34-30)32(39)37-18-15-26(22-37)24-5-3-2-4-6-24/h2-12,19-20,25-26H,13-18,21-22H2,1H3/t26-/m0/s1. The van der Waals surface area contributed by atoms with E-state index >= 15 is 0 Å². The van der Waals surface area contributed by atoms with Crippen LogP contribution in [0.4, 0.5) is 4.39 Å². The zero-order valence-corrected chi connectivity index (χ0v) is 24.4. The highest BCUT2D eigenvalue weighted by atomic mass is 32.2. The molecule has 2 aliphatic rings. The number of benzene rings is 2. The zero-order valence-electron chi connectivity index (χ0n) is 23.6. The van der Waals surface area contributed by atoms with E-state index in [4.69, 9.17) is 0 Å². The summed E-state index contributed by atoms with van der Waals surface area (Å²) in [5, 5.41) is 4.60. The Morgan fingerprint density at radius 1 is 0.905 bits per heavy atom. The summed E-state index contributed by atoms with van der Waals surface area (Å²) in [6.45, 7) is 3.70. The van der Waals surface area contributed by atoms with Crippen molar-refractivity contribution >= 4 is 15.7 Å². The van der Waals surface area contributed by atoms with E-state index in [0.29, 0.717) is 35.3 Å². The number of rotatable bonds is 7. The molecule has 218 valence electrons. The van der Waals surface area contributed by atoms with Crippen molar-refractivity contribution in [2.45, 2.75) is 42.5 Å². The second-order valence-corrected chi connectivity index (χ2v) is 13.3. The van der Waals surface area contributed by atoms with Crippen LogP contribution in [-0.4, -0.2) is 71.3 Å². The monoisotopic (exact) mass is 587 g/mol. The molecule has 0 spiro atoms. The van der Waals surface area contributed by atoms with Crippen LogP contribution in [0.15, 0.2) is 84.0 Å². The van der Waals surface area contributed by atoms with Crippen LogP contribution < -0.4 is 0 Å². The van der Waals surface area contributed by atoms with E-state index in [1.807, 2.05) is 35.2 Å². The number of aromatic nitrogens is 3. The van der Waals surface area contributed by atoms with E-state index in [-0.39, 0.29) is 11.8 Å². The Bertz CT molecular complexity index is 1650.